The predicted molar refractivity (Wildman–Crippen MR) is 74.2 cm³/mol. The molecule has 0 aliphatic rings. The number of esters is 1. The highest BCUT2D eigenvalue weighted by molar-refractivity contribution is 5.96. The van der Waals surface area contributed by atoms with Crippen LogP contribution in [0.25, 0.3) is 0 Å². The fourth-order valence-corrected chi connectivity index (χ4v) is 1.81. The molecule has 0 aromatic carbocycles. The maximum Gasteiger partial charge on any atom is 0.340 e. The van der Waals surface area contributed by atoms with Crippen LogP contribution in [0.2, 0.25) is 0 Å². The second-order valence-corrected chi connectivity index (χ2v) is 4.18. The van der Waals surface area contributed by atoms with Crippen molar-refractivity contribution in [3.8, 4) is 0 Å². The quantitative estimate of drug-likeness (QED) is 0.718. The number of hydrogen-bond donors (Lipinski definition) is 2. The summed E-state index contributed by atoms with van der Waals surface area (Å²) in [6.45, 7) is 3.27. The number of aliphatic hydroxyl groups is 1. The Morgan fingerprint density at radius 3 is 2.84 bits per heavy atom. The summed E-state index contributed by atoms with van der Waals surface area (Å²) in [5.41, 5.74) is 6.62. The van der Waals surface area contributed by atoms with Gasteiger partial charge in [0, 0.05) is 13.1 Å². The molecule has 0 atom stereocenters. The van der Waals surface area contributed by atoms with Gasteiger partial charge in [0.15, 0.2) is 0 Å². The highest BCUT2D eigenvalue weighted by Crippen LogP contribution is 2.22. The smallest absolute Gasteiger partial charge is 0.340 e. The normalized spacial score (nSPS) is 10.3. The minimum Gasteiger partial charge on any atom is -0.465 e. The molecule has 0 aliphatic heterocycles. The lowest BCUT2D eigenvalue weighted by Crippen LogP contribution is -2.29. The van der Waals surface area contributed by atoms with Gasteiger partial charge in [0.25, 0.3) is 0 Å². The Labute approximate surface area is 113 Å². The number of nitrogens with two attached hydrogens (primary N) is 1. The lowest BCUT2D eigenvalue weighted by atomic mass is 10.2. The van der Waals surface area contributed by atoms with Crippen molar-refractivity contribution in [2.45, 2.75) is 19.8 Å². The minimum atomic E-state index is -0.455. The Bertz CT molecular complexity index is 424. The molecule has 0 fully saturated rings. The molecule has 1 aromatic heterocycles. The van der Waals surface area contributed by atoms with Crippen LogP contribution in [0.3, 0.4) is 0 Å². The van der Waals surface area contributed by atoms with Gasteiger partial charge >= 0.3 is 5.97 Å². The van der Waals surface area contributed by atoms with Crippen LogP contribution in [-0.4, -0.2) is 42.9 Å². The number of nitrogen functional groups attached to an aromatic ring is 1. The second kappa shape index (κ2) is 7.58. The molecule has 0 unspecified atom stereocenters. The van der Waals surface area contributed by atoms with Crippen molar-refractivity contribution in [1.29, 1.82) is 0 Å². The molecule has 106 valence electrons. The van der Waals surface area contributed by atoms with Crippen molar-refractivity contribution in [1.82, 2.24) is 4.98 Å². The van der Waals surface area contributed by atoms with Crippen LogP contribution in [-0.2, 0) is 4.74 Å². The van der Waals surface area contributed by atoms with Crippen LogP contribution in [0.5, 0.6) is 0 Å². The number of unbranched alkanes of at least 4 members (excludes halogenated alkanes) is 1. The number of hydrogen-bond acceptors (Lipinski definition) is 6. The van der Waals surface area contributed by atoms with Crippen LogP contribution in [0.15, 0.2) is 12.3 Å². The van der Waals surface area contributed by atoms with Crippen molar-refractivity contribution in [2.24, 2.45) is 0 Å². The fourth-order valence-electron chi connectivity index (χ4n) is 1.81. The molecule has 0 bridgehead atoms. The number of methoxy groups -OCH3 is 1. The van der Waals surface area contributed by atoms with E-state index in [1.807, 2.05) is 4.90 Å². The number of carbonyl (C=O) groups is 1. The van der Waals surface area contributed by atoms with Gasteiger partial charge in [0.2, 0.25) is 0 Å². The first-order valence-corrected chi connectivity index (χ1v) is 6.33. The SMILES string of the molecule is CCCCN(CCO)c1cnc(N)cc1C(=O)OC. The molecule has 0 spiro atoms. The van der Waals surface area contributed by atoms with Crippen molar-refractivity contribution in [3.05, 3.63) is 17.8 Å². The molecule has 6 heteroatoms. The Morgan fingerprint density at radius 1 is 1.53 bits per heavy atom. The summed E-state index contributed by atoms with van der Waals surface area (Å²) >= 11 is 0. The number of carbonyl (C=O) groups excluding carboxylic acids is 1. The maximum absolute atomic E-state index is 11.8. The molecule has 1 rings (SSSR count). The van der Waals surface area contributed by atoms with Crippen LogP contribution in [0, 0.1) is 0 Å². The van der Waals surface area contributed by atoms with E-state index in [9.17, 15) is 4.79 Å². The largest absolute Gasteiger partial charge is 0.465 e. The maximum atomic E-state index is 11.8. The molecule has 3 N–H and O–H groups in total. The Kier molecular flexibility index (Phi) is 6.08. The van der Waals surface area contributed by atoms with Gasteiger partial charge < -0.3 is 20.5 Å². The zero-order valence-corrected chi connectivity index (χ0v) is 11.4. The zero-order valence-electron chi connectivity index (χ0n) is 11.4. The second-order valence-electron chi connectivity index (χ2n) is 4.18. The van der Waals surface area contributed by atoms with E-state index in [0.717, 1.165) is 19.4 Å². The average Bonchev–Trinajstić information content (AvgIpc) is 2.42. The third kappa shape index (κ3) is 4.10. The summed E-state index contributed by atoms with van der Waals surface area (Å²) in [7, 11) is 1.32. The topological polar surface area (TPSA) is 88.7 Å². The molecular formula is C13H21N3O3. The van der Waals surface area contributed by atoms with Crippen molar-refractivity contribution >= 4 is 17.5 Å². The monoisotopic (exact) mass is 267 g/mol. The standard InChI is InChI=1S/C13H21N3O3/c1-3-4-5-16(6-7-17)11-9-15-12(14)8-10(11)13(18)19-2/h8-9,17H,3-7H2,1-2H3,(H2,14,15). The van der Waals surface area contributed by atoms with E-state index in [4.69, 9.17) is 15.6 Å². The first-order chi connectivity index (χ1) is 9.13. The van der Waals surface area contributed by atoms with Crippen LogP contribution in [0.1, 0.15) is 30.1 Å². The van der Waals surface area contributed by atoms with Crippen LogP contribution in [0.4, 0.5) is 11.5 Å². The van der Waals surface area contributed by atoms with E-state index < -0.39 is 5.97 Å². The summed E-state index contributed by atoms with van der Waals surface area (Å²) in [5, 5.41) is 9.14. The lowest BCUT2D eigenvalue weighted by Gasteiger charge is -2.25. The van der Waals surface area contributed by atoms with Gasteiger partial charge in [-0.15, -0.1) is 0 Å². The summed E-state index contributed by atoms with van der Waals surface area (Å²) in [5.74, 6) is -0.188. The molecule has 0 radical (unpaired) electrons. The fraction of sp³-hybridized carbons (Fsp3) is 0.538. The lowest BCUT2D eigenvalue weighted by molar-refractivity contribution is 0.0601. The first-order valence-electron chi connectivity index (χ1n) is 6.33. The number of aliphatic hydroxyl groups excluding tert-OH is 1. The Hall–Kier alpha value is -1.82. The van der Waals surface area contributed by atoms with Gasteiger partial charge in [-0.3, -0.25) is 0 Å². The van der Waals surface area contributed by atoms with Gasteiger partial charge in [-0.2, -0.15) is 0 Å². The van der Waals surface area contributed by atoms with Crippen LogP contribution >= 0.6 is 0 Å². The van der Waals surface area contributed by atoms with Gasteiger partial charge in [-0.25, -0.2) is 9.78 Å². The summed E-state index contributed by atoms with van der Waals surface area (Å²) in [4.78, 5) is 17.7. The van der Waals surface area contributed by atoms with Gasteiger partial charge in [0.05, 0.1) is 31.2 Å². The third-order valence-electron chi connectivity index (χ3n) is 2.80. The number of nitrogens with zero attached hydrogens (tertiary/aromatic N) is 2. The van der Waals surface area contributed by atoms with E-state index in [2.05, 4.69) is 11.9 Å². The van der Waals surface area contributed by atoms with E-state index in [0.29, 0.717) is 17.8 Å². The summed E-state index contributed by atoms with van der Waals surface area (Å²) in [6, 6.07) is 1.50. The molecule has 0 aliphatic carbocycles. The average molecular weight is 267 g/mol. The van der Waals surface area contributed by atoms with Gasteiger partial charge in [-0.05, 0) is 12.5 Å². The highest BCUT2D eigenvalue weighted by atomic mass is 16.5. The molecule has 0 saturated heterocycles. The Balaban J connectivity index is 3.09. The minimum absolute atomic E-state index is 0.00863. The third-order valence-corrected chi connectivity index (χ3v) is 2.80. The van der Waals surface area contributed by atoms with Crippen molar-refractivity contribution in [2.75, 3.05) is 37.4 Å². The highest BCUT2D eigenvalue weighted by Gasteiger charge is 2.17. The van der Waals surface area contributed by atoms with Crippen molar-refractivity contribution < 1.29 is 14.6 Å². The molecule has 19 heavy (non-hydrogen) atoms. The molecule has 1 aromatic rings. The number of aromatic nitrogens is 1. The summed E-state index contributed by atoms with van der Waals surface area (Å²) < 4.78 is 4.75. The predicted octanol–water partition coefficient (Wildman–Crippen LogP) is 1.05. The van der Waals surface area contributed by atoms with Crippen LogP contribution < -0.4 is 10.6 Å². The molecular weight excluding hydrogens is 246 g/mol. The van der Waals surface area contributed by atoms with Gasteiger partial charge in [-0.1, -0.05) is 13.3 Å². The van der Waals surface area contributed by atoms with E-state index in [1.165, 1.54) is 13.2 Å². The van der Waals surface area contributed by atoms with Crippen molar-refractivity contribution in [3.63, 3.8) is 0 Å². The molecule has 6 nitrogen and oxygen atoms in total. The van der Waals surface area contributed by atoms with E-state index in [-0.39, 0.29) is 12.4 Å². The van der Waals surface area contributed by atoms with Gasteiger partial charge in [0.1, 0.15) is 5.82 Å². The number of pyridine rings is 1. The number of anilines is 2. The number of ether oxygens (including phenoxy) is 1. The Morgan fingerprint density at radius 2 is 2.26 bits per heavy atom. The molecule has 1 heterocycles. The zero-order chi connectivity index (χ0) is 14.3. The summed E-state index contributed by atoms with van der Waals surface area (Å²) in [6.07, 6.45) is 3.54. The first kappa shape index (κ1) is 15.2. The molecule has 0 saturated carbocycles. The number of rotatable bonds is 7. The van der Waals surface area contributed by atoms with E-state index >= 15 is 0 Å². The van der Waals surface area contributed by atoms with E-state index in [1.54, 1.807) is 6.20 Å². The molecule has 0 amide bonds.